The van der Waals surface area contributed by atoms with Crippen LogP contribution in [0.2, 0.25) is 0 Å². The Morgan fingerprint density at radius 1 is 1.29 bits per heavy atom. The van der Waals surface area contributed by atoms with Crippen molar-refractivity contribution in [2.75, 3.05) is 17.0 Å². The summed E-state index contributed by atoms with van der Waals surface area (Å²) in [6, 6.07) is 11.8. The van der Waals surface area contributed by atoms with Crippen LogP contribution >= 0.6 is 11.8 Å². The molecule has 1 amide bonds. The van der Waals surface area contributed by atoms with Crippen molar-refractivity contribution in [3.05, 3.63) is 75.6 Å². The average Bonchev–Trinajstić information content (AvgIpc) is 3.11. The second-order valence-electron chi connectivity index (χ2n) is 6.09. The second-order valence-corrected chi connectivity index (χ2v) is 7.03. The first-order chi connectivity index (χ1) is 14.9. The first kappa shape index (κ1) is 21.7. The van der Waals surface area contributed by atoms with Crippen LogP contribution in [0.5, 0.6) is 0 Å². The predicted molar refractivity (Wildman–Crippen MR) is 113 cm³/mol. The number of aromatic nitrogens is 3. The van der Waals surface area contributed by atoms with E-state index in [4.69, 9.17) is 5.84 Å². The lowest BCUT2D eigenvalue weighted by Gasteiger charge is -2.05. The normalized spacial score (nSPS) is 10.9. The van der Waals surface area contributed by atoms with E-state index >= 15 is 0 Å². The quantitative estimate of drug-likeness (QED) is 0.149. The summed E-state index contributed by atoms with van der Waals surface area (Å²) in [5.41, 5.74) is 3.82. The Labute approximate surface area is 179 Å². The number of halogens is 1. The number of hydrogen-bond acceptors (Lipinski definition) is 9. The van der Waals surface area contributed by atoms with Crippen LogP contribution in [0.15, 0.2) is 58.8 Å². The van der Waals surface area contributed by atoms with Crippen LogP contribution in [0, 0.1) is 15.9 Å². The van der Waals surface area contributed by atoms with E-state index in [1.54, 1.807) is 24.3 Å². The minimum Gasteiger partial charge on any atom is -0.351 e. The number of non-ortho nitro benzene ring substituents is 1. The van der Waals surface area contributed by atoms with Gasteiger partial charge in [-0.25, -0.2) is 14.5 Å². The van der Waals surface area contributed by atoms with Crippen molar-refractivity contribution in [2.24, 2.45) is 5.10 Å². The molecule has 0 saturated heterocycles. The minimum absolute atomic E-state index is 0.0491. The smallest absolute Gasteiger partial charge is 0.270 e. The van der Waals surface area contributed by atoms with E-state index in [2.05, 4.69) is 26.0 Å². The van der Waals surface area contributed by atoms with Gasteiger partial charge in [0, 0.05) is 24.2 Å². The van der Waals surface area contributed by atoms with Crippen LogP contribution < -0.4 is 16.6 Å². The Bertz CT molecular complexity index is 1100. The van der Waals surface area contributed by atoms with Gasteiger partial charge in [0.1, 0.15) is 5.82 Å². The molecule has 1 aromatic heterocycles. The molecule has 31 heavy (non-hydrogen) atoms. The first-order valence-electron chi connectivity index (χ1n) is 8.80. The summed E-state index contributed by atoms with van der Waals surface area (Å²) < 4.78 is 14.0. The molecular weight excluding hydrogens is 427 g/mol. The van der Waals surface area contributed by atoms with E-state index in [9.17, 15) is 19.3 Å². The van der Waals surface area contributed by atoms with Crippen molar-refractivity contribution in [1.82, 2.24) is 20.2 Å². The number of nitrogens with one attached hydrogen (secondary N) is 2. The number of carbonyl (C=O) groups is 1. The molecule has 0 atom stereocenters. The van der Waals surface area contributed by atoms with Crippen molar-refractivity contribution in [1.29, 1.82) is 0 Å². The van der Waals surface area contributed by atoms with Crippen molar-refractivity contribution in [2.45, 2.75) is 11.7 Å². The van der Waals surface area contributed by atoms with Gasteiger partial charge in [0.25, 0.3) is 11.6 Å². The second kappa shape index (κ2) is 10.2. The van der Waals surface area contributed by atoms with Gasteiger partial charge in [0.05, 0.1) is 16.9 Å². The number of rotatable bonds is 9. The minimum atomic E-state index is -0.499. The Balaban J connectivity index is 1.49. The molecule has 0 radical (unpaired) electrons. The van der Waals surface area contributed by atoms with Gasteiger partial charge < -0.3 is 11.2 Å². The summed E-state index contributed by atoms with van der Waals surface area (Å²) in [6.45, 7) is 0.272. The average molecular weight is 444 g/mol. The molecule has 11 nitrogen and oxygen atoms in total. The summed E-state index contributed by atoms with van der Waals surface area (Å²) in [4.78, 5) is 22.3. The lowest BCUT2D eigenvalue weighted by atomic mass is 10.2. The third-order valence-corrected chi connectivity index (χ3v) is 4.80. The van der Waals surface area contributed by atoms with Crippen LogP contribution in [-0.4, -0.2) is 37.7 Å². The van der Waals surface area contributed by atoms with Crippen molar-refractivity contribution in [3.8, 4) is 0 Å². The molecule has 0 bridgehead atoms. The Hall–Kier alpha value is -4.00. The molecule has 0 aliphatic heterocycles. The van der Waals surface area contributed by atoms with E-state index in [0.29, 0.717) is 5.56 Å². The third-order valence-electron chi connectivity index (χ3n) is 3.86. The van der Waals surface area contributed by atoms with Crippen LogP contribution in [0.3, 0.4) is 0 Å². The number of amides is 1. The van der Waals surface area contributed by atoms with Gasteiger partial charge in [-0.3, -0.25) is 14.9 Å². The highest BCUT2D eigenvalue weighted by atomic mass is 32.2. The molecular formula is C18H17FN8O3S. The molecule has 3 rings (SSSR count). The zero-order chi connectivity index (χ0) is 22.2. The highest BCUT2D eigenvalue weighted by Gasteiger charge is 2.12. The molecule has 160 valence electrons. The number of hydrogen-bond donors (Lipinski definition) is 3. The van der Waals surface area contributed by atoms with Gasteiger partial charge in [-0.1, -0.05) is 36.0 Å². The maximum atomic E-state index is 12.9. The van der Waals surface area contributed by atoms with E-state index < -0.39 is 4.92 Å². The SMILES string of the molecule is Nn1c(N/N=C/c2cccc([N+](=O)[O-])c2)nnc1SCC(=O)NCc1ccc(F)cc1. The van der Waals surface area contributed by atoms with Crippen molar-refractivity contribution < 1.29 is 14.1 Å². The number of hydrazone groups is 1. The first-order valence-corrected chi connectivity index (χ1v) is 9.79. The van der Waals surface area contributed by atoms with E-state index in [1.807, 2.05) is 0 Å². The number of benzene rings is 2. The van der Waals surface area contributed by atoms with Crippen molar-refractivity contribution >= 4 is 35.5 Å². The van der Waals surface area contributed by atoms with Gasteiger partial charge in [-0.15, -0.1) is 10.2 Å². The van der Waals surface area contributed by atoms with Gasteiger partial charge in [0.2, 0.25) is 11.1 Å². The van der Waals surface area contributed by atoms with E-state index in [-0.39, 0.29) is 40.8 Å². The zero-order valence-electron chi connectivity index (χ0n) is 15.9. The molecule has 0 aliphatic carbocycles. The third kappa shape index (κ3) is 6.24. The van der Waals surface area contributed by atoms with Crippen LogP contribution in [-0.2, 0) is 11.3 Å². The van der Waals surface area contributed by atoms with E-state index in [0.717, 1.165) is 22.0 Å². The lowest BCUT2D eigenvalue weighted by molar-refractivity contribution is -0.384. The van der Waals surface area contributed by atoms with E-state index in [1.165, 1.54) is 30.5 Å². The molecule has 0 unspecified atom stereocenters. The van der Waals surface area contributed by atoms with Gasteiger partial charge in [-0.05, 0) is 17.7 Å². The molecule has 1 heterocycles. The summed E-state index contributed by atoms with van der Waals surface area (Å²) in [5, 5.41) is 25.4. The topological polar surface area (TPSA) is 153 Å². The highest BCUT2D eigenvalue weighted by Crippen LogP contribution is 2.16. The highest BCUT2D eigenvalue weighted by molar-refractivity contribution is 7.99. The fourth-order valence-corrected chi connectivity index (χ4v) is 3.01. The molecule has 2 aromatic carbocycles. The van der Waals surface area contributed by atoms with Crippen molar-refractivity contribution in [3.63, 3.8) is 0 Å². The van der Waals surface area contributed by atoms with Crippen LogP contribution in [0.25, 0.3) is 0 Å². The Kier molecular flexibility index (Phi) is 7.11. The number of anilines is 1. The number of nitrogens with two attached hydrogens (primary N) is 1. The Morgan fingerprint density at radius 3 is 2.81 bits per heavy atom. The molecule has 4 N–H and O–H groups in total. The molecule has 0 fully saturated rings. The molecule has 0 aliphatic rings. The number of carbonyl (C=O) groups excluding carboxylic acids is 1. The maximum absolute atomic E-state index is 12.9. The summed E-state index contributed by atoms with van der Waals surface area (Å²) in [5.74, 6) is 5.47. The number of nitro benzene ring substituents is 1. The largest absolute Gasteiger partial charge is 0.351 e. The monoisotopic (exact) mass is 444 g/mol. The van der Waals surface area contributed by atoms with Gasteiger partial charge in [-0.2, -0.15) is 5.10 Å². The number of thioether (sulfide) groups is 1. The van der Waals surface area contributed by atoms with Gasteiger partial charge in [0.15, 0.2) is 0 Å². The fraction of sp³-hybridized carbons (Fsp3) is 0.111. The predicted octanol–water partition coefficient (Wildman–Crippen LogP) is 1.89. The zero-order valence-corrected chi connectivity index (χ0v) is 16.8. The number of nitro groups is 1. The van der Waals surface area contributed by atoms with Crippen LogP contribution in [0.1, 0.15) is 11.1 Å². The summed E-state index contributed by atoms with van der Waals surface area (Å²) >= 11 is 1.07. The fourth-order valence-electron chi connectivity index (χ4n) is 2.32. The molecule has 0 spiro atoms. The summed E-state index contributed by atoms with van der Waals surface area (Å²) in [6.07, 6.45) is 1.37. The maximum Gasteiger partial charge on any atom is 0.270 e. The summed E-state index contributed by atoms with van der Waals surface area (Å²) in [7, 11) is 0. The number of nitrogen functional groups attached to an aromatic ring is 1. The molecule has 3 aromatic rings. The van der Waals surface area contributed by atoms with Gasteiger partial charge >= 0.3 is 0 Å². The molecule has 13 heteroatoms. The number of nitrogens with zero attached hydrogens (tertiary/aromatic N) is 5. The standard InChI is InChI=1S/C18H17FN8O3S/c19-14-6-4-12(5-7-14)9-21-16(28)11-31-18-25-24-17(26(18)20)23-22-10-13-2-1-3-15(8-13)27(29)30/h1-8,10H,9,11,20H2,(H,21,28)(H,23,24)/b22-10+. The van der Waals surface area contributed by atoms with Crippen LogP contribution in [0.4, 0.5) is 16.0 Å². The lowest BCUT2D eigenvalue weighted by Crippen LogP contribution is -2.25. The molecule has 0 saturated carbocycles. The Morgan fingerprint density at radius 2 is 2.06 bits per heavy atom.